The monoisotopic (exact) mass is 610 g/mol. The third-order valence-electron chi connectivity index (χ3n) is 7.05. The minimum atomic E-state index is -0.866. The molecule has 1 N–H and O–H groups in total. The molecule has 0 unspecified atom stereocenters. The summed E-state index contributed by atoms with van der Waals surface area (Å²) in [4.78, 5) is 43.1. The van der Waals surface area contributed by atoms with Gasteiger partial charge in [0.15, 0.2) is 4.80 Å². The fourth-order valence-corrected chi connectivity index (χ4v) is 6.02. The van der Waals surface area contributed by atoms with E-state index in [0.29, 0.717) is 43.4 Å². The molecule has 0 fully saturated rings. The summed E-state index contributed by atoms with van der Waals surface area (Å²) in [5.74, 6) is 0.109. The van der Waals surface area contributed by atoms with Crippen LogP contribution in [0.1, 0.15) is 24.3 Å². The van der Waals surface area contributed by atoms with E-state index in [1.54, 1.807) is 61.5 Å². The number of nitro benzene ring substituents is 1. The molecule has 220 valence electrons. The second-order valence-electron chi connectivity index (χ2n) is 9.80. The van der Waals surface area contributed by atoms with Gasteiger partial charge < -0.3 is 14.5 Å². The van der Waals surface area contributed by atoms with Gasteiger partial charge in [0.2, 0.25) is 0 Å². The Morgan fingerprint density at radius 1 is 1.11 bits per heavy atom. The number of nitrogens with one attached hydrogen (secondary N) is 1. The second kappa shape index (κ2) is 11.6. The zero-order chi connectivity index (χ0) is 31.0. The smallest absolute Gasteiger partial charge is 0.273 e. The van der Waals surface area contributed by atoms with Gasteiger partial charge in [-0.3, -0.25) is 24.3 Å². The summed E-state index contributed by atoms with van der Waals surface area (Å²) in [6.45, 7) is 1.70. The lowest BCUT2D eigenvalue weighted by Crippen LogP contribution is -2.40. The molecule has 10 nitrogen and oxygen atoms in total. The van der Waals surface area contributed by atoms with Crippen LogP contribution in [0.15, 0.2) is 110 Å². The lowest BCUT2D eigenvalue weighted by Gasteiger charge is -2.25. The average Bonchev–Trinajstić information content (AvgIpc) is 3.60. The highest BCUT2D eigenvalue weighted by Gasteiger charge is 2.32. The fourth-order valence-electron chi connectivity index (χ4n) is 4.99. The number of halogens is 1. The van der Waals surface area contributed by atoms with E-state index < -0.39 is 28.2 Å². The predicted molar refractivity (Wildman–Crippen MR) is 163 cm³/mol. The van der Waals surface area contributed by atoms with Crippen LogP contribution in [0.5, 0.6) is 5.75 Å². The number of methoxy groups -OCH3 is 1. The minimum Gasteiger partial charge on any atom is -0.496 e. The lowest BCUT2D eigenvalue weighted by atomic mass is 9.95. The number of non-ortho nitro benzene ring substituents is 1. The van der Waals surface area contributed by atoms with Crippen LogP contribution in [0, 0.1) is 15.9 Å². The third-order valence-corrected chi connectivity index (χ3v) is 8.03. The average molecular weight is 611 g/mol. The van der Waals surface area contributed by atoms with E-state index in [4.69, 9.17) is 9.15 Å². The second-order valence-corrected chi connectivity index (χ2v) is 10.8. The van der Waals surface area contributed by atoms with Gasteiger partial charge >= 0.3 is 0 Å². The molecule has 1 aliphatic rings. The Kier molecular flexibility index (Phi) is 7.50. The molecule has 1 atom stereocenters. The molecule has 1 amide bonds. The van der Waals surface area contributed by atoms with E-state index in [-0.39, 0.29) is 17.0 Å². The van der Waals surface area contributed by atoms with Gasteiger partial charge in [-0.25, -0.2) is 9.38 Å². The standard InChI is InChI=1S/C32H23FN4O6S/c1-18-28(30(38)35-21-6-4-3-5-7-21)29(19-8-10-20(33)11-9-19)36-31(39)27(44-32(36)34-18)17-23-13-15-25(43-23)24-14-12-22(37(40)41)16-26(24)42-2/h3-17,29H,1-2H3,(H,35,38)/b27-17-/t29-/m0/s1. The first-order chi connectivity index (χ1) is 21.2. The van der Waals surface area contributed by atoms with E-state index in [9.17, 15) is 24.1 Å². The Balaban J connectivity index is 1.43. The molecule has 0 spiro atoms. The first kappa shape index (κ1) is 28.5. The number of hydrogen-bond acceptors (Lipinski definition) is 8. The largest absolute Gasteiger partial charge is 0.496 e. The number of benzene rings is 3. The van der Waals surface area contributed by atoms with E-state index in [1.807, 2.05) is 6.07 Å². The summed E-state index contributed by atoms with van der Waals surface area (Å²) in [5.41, 5.74) is 1.76. The SMILES string of the molecule is COc1cc([N+](=O)[O-])ccc1-c1ccc(/C=c2\sc3n(c2=O)[C@@H](c2ccc(F)cc2)C(C(=O)Nc2ccccc2)=C(C)N=3)o1. The normalized spacial score (nSPS) is 14.6. The number of para-hydroxylation sites is 1. The van der Waals surface area contributed by atoms with Gasteiger partial charge in [0.25, 0.3) is 17.2 Å². The molecule has 3 aromatic carbocycles. The molecule has 5 aromatic rings. The molecule has 44 heavy (non-hydrogen) atoms. The number of nitrogens with zero attached hydrogens (tertiary/aromatic N) is 3. The number of rotatable bonds is 7. The van der Waals surface area contributed by atoms with Gasteiger partial charge in [-0.15, -0.1) is 0 Å². The van der Waals surface area contributed by atoms with Gasteiger partial charge in [0, 0.05) is 17.8 Å². The van der Waals surface area contributed by atoms with Crippen LogP contribution in [-0.2, 0) is 4.79 Å². The van der Waals surface area contributed by atoms with Crippen LogP contribution in [0.25, 0.3) is 17.4 Å². The molecule has 6 rings (SSSR count). The number of ether oxygens (including phenoxy) is 1. The van der Waals surface area contributed by atoms with Crippen LogP contribution in [0.3, 0.4) is 0 Å². The highest BCUT2D eigenvalue weighted by atomic mass is 32.1. The van der Waals surface area contributed by atoms with Crippen LogP contribution in [0.2, 0.25) is 0 Å². The van der Waals surface area contributed by atoms with Crippen molar-refractivity contribution < 1.29 is 23.3 Å². The van der Waals surface area contributed by atoms with Gasteiger partial charge in [0.1, 0.15) is 23.1 Å². The Labute approximate surface area is 252 Å². The first-order valence-corrected chi connectivity index (χ1v) is 14.1. The molecule has 2 aromatic heterocycles. The molecule has 0 saturated heterocycles. The number of amides is 1. The third kappa shape index (κ3) is 5.34. The number of thiazole rings is 1. The summed E-state index contributed by atoms with van der Waals surface area (Å²) in [5, 5.41) is 14.0. The number of anilines is 1. The number of furan rings is 1. The van der Waals surface area contributed by atoms with Gasteiger partial charge in [-0.05, 0) is 55.0 Å². The first-order valence-electron chi connectivity index (χ1n) is 13.3. The minimum absolute atomic E-state index is 0.124. The van der Waals surface area contributed by atoms with Crippen LogP contribution in [-0.4, -0.2) is 22.5 Å². The van der Waals surface area contributed by atoms with Crippen molar-refractivity contribution >= 4 is 34.7 Å². The van der Waals surface area contributed by atoms with Gasteiger partial charge in [-0.2, -0.15) is 0 Å². The van der Waals surface area contributed by atoms with E-state index in [1.165, 1.54) is 42.0 Å². The summed E-state index contributed by atoms with van der Waals surface area (Å²) >= 11 is 1.13. The quantitative estimate of drug-likeness (QED) is 0.200. The van der Waals surface area contributed by atoms with Gasteiger partial charge in [0.05, 0.1) is 45.5 Å². The van der Waals surface area contributed by atoms with Crippen LogP contribution < -0.4 is 24.9 Å². The summed E-state index contributed by atoms with van der Waals surface area (Å²) < 4.78 is 26.9. The highest BCUT2D eigenvalue weighted by molar-refractivity contribution is 7.07. The lowest BCUT2D eigenvalue weighted by molar-refractivity contribution is -0.384. The molecule has 12 heteroatoms. The molecular weight excluding hydrogens is 587 g/mol. The van der Waals surface area contributed by atoms with Crippen molar-refractivity contribution in [1.82, 2.24) is 4.57 Å². The van der Waals surface area contributed by atoms with Crippen molar-refractivity contribution in [2.45, 2.75) is 13.0 Å². The number of aromatic nitrogens is 1. The van der Waals surface area contributed by atoms with E-state index in [0.717, 1.165) is 11.3 Å². The van der Waals surface area contributed by atoms with E-state index >= 15 is 0 Å². The van der Waals surface area contributed by atoms with Crippen molar-refractivity contribution in [2.24, 2.45) is 4.99 Å². The number of carbonyl (C=O) groups is 1. The summed E-state index contributed by atoms with van der Waals surface area (Å²) in [7, 11) is 1.40. The fraction of sp³-hybridized carbons (Fsp3) is 0.0938. The molecule has 3 heterocycles. The van der Waals surface area contributed by atoms with Crippen molar-refractivity contribution in [2.75, 3.05) is 12.4 Å². The molecule has 1 aliphatic heterocycles. The number of allylic oxidation sites excluding steroid dienone is 1. The van der Waals surface area contributed by atoms with Gasteiger partial charge in [-0.1, -0.05) is 41.7 Å². The van der Waals surface area contributed by atoms with Crippen molar-refractivity contribution in [1.29, 1.82) is 0 Å². The number of nitro groups is 1. The maximum absolute atomic E-state index is 13.9. The molecule has 0 radical (unpaired) electrons. The van der Waals surface area contributed by atoms with Crippen LogP contribution >= 0.6 is 11.3 Å². The Morgan fingerprint density at radius 2 is 1.86 bits per heavy atom. The maximum Gasteiger partial charge on any atom is 0.273 e. The van der Waals surface area contributed by atoms with E-state index in [2.05, 4.69) is 10.3 Å². The Morgan fingerprint density at radius 3 is 2.57 bits per heavy atom. The highest BCUT2D eigenvalue weighted by Crippen LogP contribution is 2.35. The van der Waals surface area contributed by atoms with Crippen molar-refractivity contribution in [3.63, 3.8) is 0 Å². The van der Waals surface area contributed by atoms with Crippen LogP contribution in [0.4, 0.5) is 15.8 Å². The topological polar surface area (TPSA) is 129 Å². The van der Waals surface area contributed by atoms with Crippen molar-refractivity contribution in [3.8, 4) is 17.1 Å². The zero-order valence-corrected chi connectivity index (χ0v) is 24.1. The number of fused-ring (bicyclic) bond motifs is 1. The number of carbonyl (C=O) groups excluding carboxylic acids is 1. The molecule has 0 aliphatic carbocycles. The Hall–Kier alpha value is -5.62. The number of hydrogen-bond donors (Lipinski definition) is 1. The van der Waals surface area contributed by atoms with Crippen molar-refractivity contribution in [3.05, 3.63) is 143 Å². The molecule has 0 bridgehead atoms. The Bertz CT molecular complexity index is 2130. The summed E-state index contributed by atoms with van der Waals surface area (Å²) in [6, 6.07) is 21.2. The maximum atomic E-state index is 13.9. The molecular formula is C32H23FN4O6S. The zero-order valence-electron chi connectivity index (χ0n) is 23.3. The summed E-state index contributed by atoms with van der Waals surface area (Å²) in [6.07, 6.45) is 1.57. The predicted octanol–water partition coefficient (Wildman–Crippen LogP) is 5.19. The molecule has 0 saturated carbocycles.